The van der Waals surface area contributed by atoms with Crippen molar-refractivity contribution in [2.45, 2.75) is 36.6 Å². The zero-order valence-corrected chi connectivity index (χ0v) is 11.6. The lowest BCUT2D eigenvalue weighted by molar-refractivity contribution is 0.421. The van der Waals surface area contributed by atoms with Gasteiger partial charge in [-0.1, -0.05) is 6.92 Å². The van der Waals surface area contributed by atoms with E-state index in [2.05, 4.69) is 0 Å². The molecule has 1 fully saturated rings. The number of rotatable bonds is 5. The Hall–Kier alpha value is -0.650. The minimum atomic E-state index is -3.53. The Labute approximate surface area is 112 Å². The summed E-state index contributed by atoms with van der Waals surface area (Å²) in [4.78, 5) is 0.119. The van der Waals surface area contributed by atoms with Crippen LogP contribution in [0.4, 0.5) is 4.39 Å². The molecule has 0 saturated heterocycles. The van der Waals surface area contributed by atoms with E-state index in [0.717, 1.165) is 18.9 Å². The van der Waals surface area contributed by atoms with Crippen molar-refractivity contribution in [3.63, 3.8) is 0 Å². The number of hydrogen-bond acceptors (Lipinski definition) is 2. The molecular formula is C12H15ClFNO2S. The fraction of sp³-hybridized carbons (Fsp3) is 0.500. The number of benzene rings is 1. The Morgan fingerprint density at radius 1 is 1.44 bits per heavy atom. The number of sulfonamides is 1. The summed E-state index contributed by atoms with van der Waals surface area (Å²) in [5.41, 5.74) is 0.213. The molecule has 0 atom stereocenters. The second-order valence-corrected chi connectivity index (χ2v) is 6.48. The molecule has 1 aliphatic rings. The Balaban J connectivity index is 2.40. The zero-order valence-electron chi connectivity index (χ0n) is 10.1. The largest absolute Gasteiger partial charge is 0.243 e. The second kappa shape index (κ2) is 5.15. The Bertz CT molecular complexity index is 543. The van der Waals surface area contributed by atoms with Gasteiger partial charge < -0.3 is 0 Å². The van der Waals surface area contributed by atoms with Crippen LogP contribution in [0, 0.1) is 5.82 Å². The highest BCUT2D eigenvalue weighted by molar-refractivity contribution is 7.89. The van der Waals surface area contributed by atoms with Crippen LogP contribution in [0.3, 0.4) is 0 Å². The highest BCUT2D eigenvalue weighted by atomic mass is 35.5. The Kier molecular flexibility index (Phi) is 3.94. The first-order valence-electron chi connectivity index (χ1n) is 5.87. The highest BCUT2D eigenvalue weighted by Crippen LogP contribution is 2.32. The average Bonchev–Trinajstić information content (AvgIpc) is 3.14. The van der Waals surface area contributed by atoms with E-state index in [1.54, 1.807) is 0 Å². The van der Waals surface area contributed by atoms with Crippen LogP contribution in [0.2, 0.25) is 0 Å². The van der Waals surface area contributed by atoms with E-state index in [9.17, 15) is 12.8 Å². The van der Waals surface area contributed by atoms with Crippen LogP contribution in [0.25, 0.3) is 0 Å². The molecule has 1 aromatic rings. The van der Waals surface area contributed by atoms with Crippen LogP contribution < -0.4 is 0 Å². The van der Waals surface area contributed by atoms with Crippen molar-refractivity contribution in [3.05, 3.63) is 29.6 Å². The van der Waals surface area contributed by atoms with E-state index in [4.69, 9.17) is 11.6 Å². The molecule has 0 aromatic heterocycles. The van der Waals surface area contributed by atoms with Gasteiger partial charge in [0.15, 0.2) is 0 Å². The van der Waals surface area contributed by atoms with E-state index in [1.165, 1.54) is 16.4 Å². The monoisotopic (exact) mass is 291 g/mol. The van der Waals surface area contributed by atoms with Crippen molar-refractivity contribution in [3.8, 4) is 0 Å². The van der Waals surface area contributed by atoms with Crippen molar-refractivity contribution in [2.75, 3.05) is 6.54 Å². The molecule has 1 aromatic carbocycles. The first-order chi connectivity index (χ1) is 8.50. The van der Waals surface area contributed by atoms with Gasteiger partial charge in [0.2, 0.25) is 10.0 Å². The summed E-state index contributed by atoms with van der Waals surface area (Å²) in [6, 6.07) is 3.88. The van der Waals surface area contributed by atoms with Crippen LogP contribution >= 0.6 is 11.6 Å². The summed E-state index contributed by atoms with van der Waals surface area (Å²) >= 11 is 5.59. The normalized spacial score (nSPS) is 16.2. The van der Waals surface area contributed by atoms with Crippen molar-refractivity contribution in [1.82, 2.24) is 4.31 Å². The van der Waals surface area contributed by atoms with Gasteiger partial charge in [0.05, 0.1) is 10.8 Å². The van der Waals surface area contributed by atoms with Crippen LogP contribution in [0.5, 0.6) is 0 Å². The van der Waals surface area contributed by atoms with E-state index >= 15 is 0 Å². The van der Waals surface area contributed by atoms with E-state index in [-0.39, 0.29) is 22.4 Å². The molecule has 0 N–H and O–H groups in total. The lowest BCUT2D eigenvalue weighted by atomic mass is 10.2. The molecule has 0 amide bonds. The summed E-state index contributed by atoms with van der Waals surface area (Å²) in [6.07, 6.45) is 1.80. The van der Waals surface area contributed by atoms with Gasteiger partial charge in [0.1, 0.15) is 5.82 Å². The standard InChI is InChI=1S/C12H15ClFNO2S/c1-2-15(10-3-4-10)18(16,17)11-5-6-12(14)9(7-11)8-13/h5-7,10H,2-4,8H2,1H3. The lowest BCUT2D eigenvalue weighted by Crippen LogP contribution is -2.32. The SMILES string of the molecule is CCN(C1CC1)S(=O)(=O)c1ccc(F)c(CCl)c1. The van der Waals surface area contributed by atoms with Crippen LogP contribution in [-0.4, -0.2) is 25.3 Å². The zero-order chi connectivity index (χ0) is 13.3. The molecule has 0 bridgehead atoms. The average molecular weight is 292 g/mol. The fourth-order valence-electron chi connectivity index (χ4n) is 1.94. The predicted molar refractivity (Wildman–Crippen MR) is 68.5 cm³/mol. The predicted octanol–water partition coefficient (Wildman–Crippen LogP) is 2.74. The third kappa shape index (κ3) is 2.53. The molecule has 2 rings (SSSR count). The molecule has 6 heteroatoms. The van der Waals surface area contributed by atoms with Gasteiger partial charge in [-0.25, -0.2) is 12.8 Å². The van der Waals surface area contributed by atoms with E-state index in [1.807, 2.05) is 6.92 Å². The van der Waals surface area contributed by atoms with Gasteiger partial charge >= 0.3 is 0 Å². The maximum absolute atomic E-state index is 13.3. The maximum Gasteiger partial charge on any atom is 0.243 e. The Morgan fingerprint density at radius 2 is 2.11 bits per heavy atom. The third-order valence-corrected chi connectivity index (χ3v) is 5.34. The number of nitrogens with zero attached hydrogens (tertiary/aromatic N) is 1. The molecule has 0 radical (unpaired) electrons. The molecule has 0 heterocycles. The summed E-state index contributed by atoms with van der Waals surface area (Å²) < 4.78 is 39.6. The molecule has 3 nitrogen and oxygen atoms in total. The van der Waals surface area contributed by atoms with Gasteiger partial charge in [-0.15, -0.1) is 11.6 Å². The summed E-state index contributed by atoms with van der Waals surface area (Å²) in [5, 5.41) is 0. The van der Waals surface area contributed by atoms with Gasteiger partial charge in [0.25, 0.3) is 0 Å². The quantitative estimate of drug-likeness (QED) is 0.782. The molecule has 0 unspecified atom stereocenters. The first kappa shape index (κ1) is 13.8. The summed E-state index contributed by atoms with van der Waals surface area (Å²) in [7, 11) is -3.53. The van der Waals surface area contributed by atoms with Gasteiger partial charge in [0, 0.05) is 18.2 Å². The van der Waals surface area contributed by atoms with Crippen LogP contribution in [-0.2, 0) is 15.9 Å². The second-order valence-electron chi connectivity index (χ2n) is 4.33. The van der Waals surface area contributed by atoms with E-state index < -0.39 is 15.8 Å². The van der Waals surface area contributed by atoms with Crippen molar-refractivity contribution in [1.29, 1.82) is 0 Å². The van der Waals surface area contributed by atoms with Crippen molar-refractivity contribution < 1.29 is 12.8 Å². The molecule has 1 aliphatic carbocycles. The number of hydrogen-bond donors (Lipinski definition) is 0. The van der Waals surface area contributed by atoms with Crippen LogP contribution in [0.15, 0.2) is 23.1 Å². The fourth-order valence-corrected chi connectivity index (χ4v) is 3.89. The summed E-state index contributed by atoms with van der Waals surface area (Å²) in [5.74, 6) is -0.511. The molecule has 0 spiro atoms. The Morgan fingerprint density at radius 3 is 2.61 bits per heavy atom. The summed E-state index contributed by atoms with van der Waals surface area (Å²) in [6.45, 7) is 2.24. The molecule has 1 saturated carbocycles. The van der Waals surface area contributed by atoms with Gasteiger partial charge in [-0.2, -0.15) is 4.31 Å². The molecular weight excluding hydrogens is 277 g/mol. The third-order valence-electron chi connectivity index (χ3n) is 3.03. The first-order valence-corrected chi connectivity index (χ1v) is 7.84. The van der Waals surface area contributed by atoms with Crippen LogP contribution in [0.1, 0.15) is 25.3 Å². The number of halogens is 2. The van der Waals surface area contributed by atoms with Crippen molar-refractivity contribution >= 4 is 21.6 Å². The smallest absolute Gasteiger partial charge is 0.207 e. The van der Waals surface area contributed by atoms with Gasteiger partial charge in [-0.3, -0.25) is 0 Å². The van der Waals surface area contributed by atoms with Crippen molar-refractivity contribution in [2.24, 2.45) is 0 Å². The van der Waals surface area contributed by atoms with Gasteiger partial charge in [-0.05, 0) is 31.0 Å². The molecule has 0 aliphatic heterocycles. The highest BCUT2D eigenvalue weighted by Gasteiger charge is 2.36. The maximum atomic E-state index is 13.3. The topological polar surface area (TPSA) is 37.4 Å². The molecule has 18 heavy (non-hydrogen) atoms. The minimum Gasteiger partial charge on any atom is -0.207 e. The lowest BCUT2D eigenvalue weighted by Gasteiger charge is -2.20. The molecule has 100 valence electrons. The van der Waals surface area contributed by atoms with E-state index in [0.29, 0.717) is 6.54 Å². The minimum absolute atomic E-state index is 0.0370. The number of alkyl halides is 1.